The van der Waals surface area contributed by atoms with Crippen LogP contribution in [0.1, 0.15) is 17.0 Å². The van der Waals surface area contributed by atoms with Gasteiger partial charge in [-0.2, -0.15) is 0 Å². The Bertz CT molecular complexity index is 482. The zero-order valence-corrected chi connectivity index (χ0v) is 9.76. The third kappa shape index (κ3) is 3.26. The fraction of sp³-hybridized carbons (Fsp3) is 0.231. The summed E-state index contributed by atoms with van der Waals surface area (Å²) in [6.07, 6.45) is 3.47. The van der Waals surface area contributed by atoms with Crippen LogP contribution in [0, 0.1) is 6.92 Å². The molecular weight excluding hydrogens is 214 g/mol. The van der Waals surface area contributed by atoms with E-state index in [9.17, 15) is 0 Å². The minimum absolute atomic E-state index is 0.444. The summed E-state index contributed by atoms with van der Waals surface area (Å²) < 4.78 is 5.62. The van der Waals surface area contributed by atoms with Crippen molar-refractivity contribution >= 4 is 0 Å². The topological polar surface area (TPSA) is 61.0 Å². The molecule has 0 saturated carbocycles. The molecule has 0 aromatic carbocycles. The quantitative estimate of drug-likeness (QED) is 0.868. The number of hydrogen-bond acceptors (Lipinski definition) is 4. The minimum Gasteiger partial charge on any atom is -0.487 e. The molecule has 2 aromatic heterocycles. The predicted molar refractivity (Wildman–Crippen MR) is 65.4 cm³/mol. The van der Waals surface area contributed by atoms with Crippen LogP contribution in [0.15, 0.2) is 36.7 Å². The largest absolute Gasteiger partial charge is 0.487 e. The maximum absolute atomic E-state index is 5.62. The second-order valence-electron chi connectivity index (χ2n) is 3.78. The van der Waals surface area contributed by atoms with Crippen LogP contribution < -0.4 is 10.5 Å². The van der Waals surface area contributed by atoms with Crippen LogP contribution >= 0.6 is 0 Å². The molecule has 0 bridgehead atoms. The van der Waals surface area contributed by atoms with Gasteiger partial charge in [-0.15, -0.1) is 0 Å². The van der Waals surface area contributed by atoms with E-state index in [2.05, 4.69) is 9.97 Å². The van der Waals surface area contributed by atoms with E-state index in [-0.39, 0.29) is 0 Å². The molecule has 0 radical (unpaired) electrons. The number of nitrogens with zero attached hydrogens (tertiary/aromatic N) is 2. The first-order valence-corrected chi connectivity index (χ1v) is 5.47. The lowest BCUT2D eigenvalue weighted by Crippen LogP contribution is -2.02. The molecule has 0 aliphatic heterocycles. The molecule has 4 heteroatoms. The minimum atomic E-state index is 0.444. The molecule has 2 heterocycles. The van der Waals surface area contributed by atoms with Crippen molar-refractivity contribution in [3.63, 3.8) is 0 Å². The second kappa shape index (κ2) is 5.41. The number of aromatic nitrogens is 2. The fourth-order valence-corrected chi connectivity index (χ4v) is 1.44. The van der Waals surface area contributed by atoms with Crippen molar-refractivity contribution in [3.8, 4) is 5.75 Å². The molecule has 0 spiro atoms. The molecule has 17 heavy (non-hydrogen) atoms. The van der Waals surface area contributed by atoms with Gasteiger partial charge in [0, 0.05) is 18.4 Å². The summed E-state index contributed by atoms with van der Waals surface area (Å²) in [5.41, 5.74) is 8.43. The first-order valence-electron chi connectivity index (χ1n) is 5.47. The highest BCUT2D eigenvalue weighted by atomic mass is 16.5. The molecule has 4 nitrogen and oxygen atoms in total. The Morgan fingerprint density at radius 1 is 1.24 bits per heavy atom. The monoisotopic (exact) mass is 229 g/mol. The molecule has 0 fully saturated rings. The van der Waals surface area contributed by atoms with Crippen molar-refractivity contribution in [1.82, 2.24) is 9.97 Å². The van der Waals surface area contributed by atoms with E-state index in [0.717, 1.165) is 22.7 Å². The van der Waals surface area contributed by atoms with Gasteiger partial charge in [-0.25, -0.2) is 0 Å². The molecule has 0 saturated heterocycles. The Hall–Kier alpha value is -1.94. The Kier molecular flexibility index (Phi) is 3.67. The molecule has 2 rings (SSSR count). The van der Waals surface area contributed by atoms with Crippen LogP contribution in [0.2, 0.25) is 0 Å². The summed E-state index contributed by atoms with van der Waals surface area (Å²) in [4.78, 5) is 8.30. The van der Waals surface area contributed by atoms with Gasteiger partial charge < -0.3 is 10.5 Å². The van der Waals surface area contributed by atoms with Crippen LogP contribution in [0.3, 0.4) is 0 Å². The van der Waals surface area contributed by atoms with Gasteiger partial charge in [0.15, 0.2) is 0 Å². The third-order valence-corrected chi connectivity index (χ3v) is 2.38. The van der Waals surface area contributed by atoms with E-state index in [1.807, 2.05) is 31.2 Å². The van der Waals surface area contributed by atoms with Crippen molar-refractivity contribution in [1.29, 1.82) is 0 Å². The van der Waals surface area contributed by atoms with Crippen molar-refractivity contribution in [2.75, 3.05) is 0 Å². The average molecular weight is 229 g/mol. The first-order chi connectivity index (χ1) is 8.28. The number of rotatable bonds is 4. The Morgan fingerprint density at radius 2 is 2.12 bits per heavy atom. The van der Waals surface area contributed by atoms with Crippen LogP contribution in [0.5, 0.6) is 5.75 Å². The predicted octanol–water partition coefficient (Wildman–Crippen LogP) is 1.82. The van der Waals surface area contributed by atoms with Crippen LogP contribution in [-0.4, -0.2) is 9.97 Å². The lowest BCUT2D eigenvalue weighted by atomic mass is 10.2. The molecule has 0 aliphatic carbocycles. The summed E-state index contributed by atoms with van der Waals surface area (Å²) in [7, 11) is 0. The van der Waals surface area contributed by atoms with Crippen LogP contribution in [-0.2, 0) is 13.2 Å². The number of hydrogen-bond donors (Lipinski definition) is 1. The van der Waals surface area contributed by atoms with Gasteiger partial charge in [-0.1, -0.05) is 0 Å². The van der Waals surface area contributed by atoms with E-state index in [4.69, 9.17) is 10.5 Å². The fourth-order valence-electron chi connectivity index (χ4n) is 1.44. The number of aryl methyl sites for hydroxylation is 1. The number of nitrogens with two attached hydrogens (primary N) is 1. The van der Waals surface area contributed by atoms with Crippen molar-refractivity contribution in [2.45, 2.75) is 20.1 Å². The highest BCUT2D eigenvalue weighted by molar-refractivity contribution is 5.21. The maximum Gasteiger partial charge on any atom is 0.138 e. The molecule has 2 N–H and O–H groups in total. The van der Waals surface area contributed by atoms with Gasteiger partial charge >= 0.3 is 0 Å². The summed E-state index contributed by atoms with van der Waals surface area (Å²) in [5.74, 6) is 0.765. The molecule has 2 aromatic rings. The molecule has 88 valence electrons. The van der Waals surface area contributed by atoms with E-state index in [1.54, 1.807) is 12.4 Å². The second-order valence-corrected chi connectivity index (χ2v) is 3.78. The summed E-state index contributed by atoms with van der Waals surface area (Å²) in [6, 6.07) is 7.70. The van der Waals surface area contributed by atoms with E-state index in [0.29, 0.717) is 13.2 Å². The standard InChI is InChI=1S/C13H15N3O/c1-10-2-3-13(8-16-10)17-9-11-4-5-15-12(6-11)7-14/h2-6,8H,7,9,14H2,1H3. The zero-order chi connectivity index (χ0) is 12.1. The molecule has 0 aliphatic rings. The van der Waals surface area contributed by atoms with Gasteiger partial charge in [0.1, 0.15) is 12.4 Å². The maximum atomic E-state index is 5.62. The molecule has 0 atom stereocenters. The van der Waals surface area contributed by atoms with Gasteiger partial charge in [0.2, 0.25) is 0 Å². The van der Waals surface area contributed by atoms with Crippen molar-refractivity contribution < 1.29 is 4.74 Å². The Balaban J connectivity index is 1.99. The van der Waals surface area contributed by atoms with Gasteiger partial charge in [-0.3, -0.25) is 9.97 Å². The van der Waals surface area contributed by atoms with E-state index < -0.39 is 0 Å². The summed E-state index contributed by atoms with van der Waals surface area (Å²) >= 11 is 0. The molecular formula is C13H15N3O. The third-order valence-electron chi connectivity index (χ3n) is 2.38. The van der Waals surface area contributed by atoms with E-state index >= 15 is 0 Å². The normalized spacial score (nSPS) is 10.2. The van der Waals surface area contributed by atoms with Crippen LogP contribution in [0.25, 0.3) is 0 Å². The first kappa shape index (κ1) is 11.5. The van der Waals surface area contributed by atoms with Crippen molar-refractivity contribution in [2.24, 2.45) is 5.73 Å². The summed E-state index contributed by atoms with van der Waals surface area (Å²) in [6.45, 7) is 2.89. The Labute approximate surface area is 100 Å². The lowest BCUT2D eigenvalue weighted by molar-refractivity contribution is 0.304. The highest BCUT2D eigenvalue weighted by Crippen LogP contribution is 2.11. The summed E-state index contributed by atoms with van der Waals surface area (Å²) in [5, 5.41) is 0. The highest BCUT2D eigenvalue weighted by Gasteiger charge is 1.98. The molecule has 0 unspecified atom stereocenters. The number of pyridine rings is 2. The smallest absolute Gasteiger partial charge is 0.138 e. The van der Waals surface area contributed by atoms with Crippen LogP contribution in [0.4, 0.5) is 0 Å². The van der Waals surface area contributed by atoms with Gasteiger partial charge in [0.25, 0.3) is 0 Å². The number of ether oxygens (including phenoxy) is 1. The van der Waals surface area contributed by atoms with Crippen molar-refractivity contribution in [3.05, 3.63) is 53.6 Å². The Morgan fingerprint density at radius 3 is 2.82 bits per heavy atom. The lowest BCUT2D eigenvalue weighted by Gasteiger charge is -2.06. The SMILES string of the molecule is Cc1ccc(OCc2ccnc(CN)c2)cn1. The van der Waals surface area contributed by atoms with Gasteiger partial charge in [0.05, 0.1) is 11.9 Å². The van der Waals surface area contributed by atoms with E-state index in [1.165, 1.54) is 0 Å². The average Bonchev–Trinajstić information content (AvgIpc) is 2.38. The van der Waals surface area contributed by atoms with Gasteiger partial charge in [-0.05, 0) is 36.8 Å². The molecule has 0 amide bonds. The zero-order valence-electron chi connectivity index (χ0n) is 9.76.